The summed E-state index contributed by atoms with van der Waals surface area (Å²) in [6.45, 7) is -0.457. The summed E-state index contributed by atoms with van der Waals surface area (Å²) in [5.41, 5.74) is 0.945. The lowest BCUT2D eigenvalue weighted by molar-refractivity contribution is -0.136. The molecule has 2 amide bonds. The molecule has 1 atom stereocenters. The van der Waals surface area contributed by atoms with Crippen LogP contribution < -0.4 is 5.32 Å². The molecule has 11 heteroatoms. The number of hydrogen-bond acceptors (Lipinski definition) is 6. The van der Waals surface area contributed by atoms with Gasteiger partial charge >= 0.3 is 0 Å². The topological polar surface area (TPSA) is 111 Å². The molecule has 0 aliphatic carbocycles. The summed E-state index contributed by atoms with van der Waals surface area (Å²) in [4.78, 5) is 26.6. The van der Waals surface area contributed by atoms with Crippen molar-refractivity contribution in [3.8, 4) is 6.07 Å². The molecule has 1 unspecified atom stereocenters. The first kappa shape index (κ1) is 22.7. The first-order valence-electron chi connectivity index (χ1n) is 9.12. The van der Waals surface area contributed by atoms with Gasteiger partial charge in [-0.2, -0.15) is 9.57 Å². The van der Waals surface area contributed by atoms with E-state index in [1.165, 1.54) is 23.7 Å². The van der Waals surface area contributed by atoms with E-state index in [4.69, 9.17) is 5.26 Å². The molecule has 162 valence electrons. The summed E-state index contributed by atoms with van der Waals surface area (Å²) >= 11 is 1.39. The van der Waals surface area contributed by atoms with Crippen LogP contribution in [0.3, 0.4) is 0 Å². The van der Waals surface area contributed by atoms with Crippen molar-refractivity contribution in [2.45, 2.75) is 10.9 Å². The minimum Gasteiger partial charge on any atom is -0.324 e. The highest BCUT2D eigenvalue weighted by molar-refractivity contribution is 7.99. The molecular weight excluding hydrogens is 443 g/mol. The fraction of sp³-hybridized carbons (Fsp3) is 0.250. The predicted molar refractivity (Wildman–Crippen MR) is 114 cm³/mol. The number of halogens is 1. The van der Waals surface area contributed by atoms with Gasteiger partial charge in [-0.25, -0.2) is 12.8 Å². The van der Waals surface area contributed by atoms with E-state index in [1.807, 2.05) is 6.07 Å². The number of nitrogens with one attached hydrogen (secondary N) is 1. The number of rotatable bonds is 6. The molecule has 2 aromatic rings. The van der Waals surface area contributed by atoms with Crippen LogP contribution in [-0.2, 0) is 19.6 Å². The molecule has 0 bridgehead atoms. The second-order valence-electron chi connectivity index (χ2n) is 6.77. The van der Waals surface area contributed by atoms with Crippen molar-refractivity contribution in [2.75, 3.05) is 30.5 Å². The van der Waals surface area contributed by atoms with E-state index >= 15 is 0 Å². The number of sulfonamides is 1. The number of thioether (sulfide) groups is 1. The van der Waals surface area contributed by atoms with Crippen LogP contribution in [0.4, 0.5) is 10.1 Å². The number of likely N-dealkylation sites (N-methyl/N-ethyl adjacent to an activating group) is 1. The third-order valence-electron chi connectivity index (χ3n) is 4.67. The Hall–Kier alpha value is -2.94. The van der Waals surface area contributed by atoms with Crippen LogP contribution in [0.25, 0.3) is 0 Å². The normalized spacial score (nSPS) is 16.2. The molecule has 1 N–H and O–H groups in total. The van der Waals surface area contributed by atoms with E-state index in [2.05, 4.69) is 5.32 Å². The molecule has 1 saturated heterocycles. The highest BCUT2D eigenvalue weighted by Crippen LogP contribution is 2.23. The number of hydrogen-bond donors (Lipinski definition) is 1. The standard InChI is InChI=1S/C20H19FN4O4S2/c1-24(31(28,29)17-8-4-15(21)5-9-17)11-19(26)25-13-30-12-18(25)20(27)23-16-6-2-14(10-22)3-7-16/h2-9,18H,11-13H2,1H3,(H,23,27). The highest BCUT2D eigenvalue weighted by atomic mass is 32.2. The summed E-state index contributed by atoms with van der Waals surface area (Å²) < 4.78 is 39.2. The van der Waals surface area contributed by atoms with Crippen LogP contribution in [0, 0.1) is 17.1 Å². The second kappa shape index (κ2) is 9.47. The van der Waals surface area contributed by atoms with Crippen molar-refractivity contribution in [2.24, 2.45) is 0 Å². The lowest BCUT2D eigenvalue weighted by Gasteiger charge is -2.25. The number of carbonyl (C=O) groups is 2. The lowest BCUT2D eigenvalue weighted by Crippen LogP contribution is -2.48. The third kappa shape index (κ3) is 5.22. The van der Waals surface area contributed by atoms with Crippen molar-refractivity contribution in [1.82, 2.24) is 9.21 Å². The maximum atomic E-state index is 13.1. The minimum atomic E-state index is -3.99. The summed E-state index contributed by atoms with van der Waals surface area (Å²) in [6, 6.07) is 11.9. The summed E-state index contributed by atoms with van der Waals surface area (Å²) in [6.07, 6.45) is 0. The van der Waals surface area contributed by atoms with E-state index < -0.39 is 40.2 Å². The Morgan fingerprint density at radius 3 is 2.48 bits per heavy atom. The van der Waals surface area contributed by atoms with Crippen molar-refractivity contribution in [3.63, 3.8) is 0 Å². The number of anilines is 1. The first-order chi connectivity index (χ1) is 14.7. The van der Waals surface area contributed by atoms with E-state index in [1.54, 1.807) is 24.3 Å². The Morgan fingerprint density at radius 1 is 1.23 bits per heavy atom. The average Bonchev–Trinajstić information content (AvgIpc) is 3.25. The quantitative estimate of drug-likeness (QED) is 0.702. The van der Waals surface area contributed by atoms with E-state index in [0.29, 0.717) is 17.0 Å². The molecule has 0 radical (unpaired) electrons. The van der Waals surface area contributed by atoms with Gasteiger partial charge in [-0.15, -0.1) is 11.8 Å². The van der Waals surface area contributed by atoms with Gasteiger partial charge in [0.25, 0.3) is 0 Å². The Kier molecular flexibility index (Phi) is 6.94. The van der Waals surface area contributed by atoms with Crippen molar-refractivity contribution < 1.29 is 22.4 Å². The molecule has 1 aliphatic rings. The van der Waals surface area contributed by atoms with Crippen LogP contribution in [0.2, 0.25) is 0 Å². The first-order valence-corrected chi connectivity index (χ1v) is 11.7. The third-order valence-corrected chi connectivity index (χ3v) is 7.50. The smallest absolute Gasteiger partial charge is 0.248 e. The number of benzene rings is 2. The molecule has 0 saturated carbocycles. The largest absolute Gasteiger partial charge is 0.324 e. The molecule has 0 aromatic heterocycles. The van der Waals surface area contributed by atoms with E-state index in [9.17, 15) is 22.4 Å². The van der Waals surface area contributed by atoms with Gasteiger partial charge in [0, 0.05) is 18.5 Å². The second-order valence-corrected chi connectivity index (χ2v) is 9.82. The van der Waals surface area contributed by atoms with Crippen molar-refractivity contribution >= 4 is 39.3 Å². The van der Waals surface area contributed by atoms with Gasteiger partial charge in [0.05, 0.1) is 28.9 Å². The van der Waals surface area contributed by atoms with E-state index in [-0.39, 0.29) is 10.8 Å². The fourth-order valence-electron chi connectivity index (χ4n) is 2.91. The van der Waals surface area contributed by atoms with Gasteiger partial charge in [-0.3, -0.25) is 9.59 Å². The molecule has 1 heterocycles. The van der Waals surface area contributed by atoms with Crippen molar-refractivity contribution in [1.29, 1.82) is 5.26 Å². The lowest BCUT2D eigenvalue weighted by atomic mass is 10.2. The minimum absolute atomic E-state index is 0.130. The Morgan fingerprint density at radius 2 is 1.87 bits per heavy atom. The Labute approximate surface area is 183 Å². The van der Waals surface area contributed by atoms with Crippen LogP contribution >= 0.6 is 11.8 Å². The van der Waals surface area contributed by atoms with E-state index in [0.717, 1.165) is 28.6 Å². The molecule has 31 heavy (non-hydrogen) atoms. The highest BCUT2D eigenvalue weighted by Gasteiger charge is 2.36. The fourth-order valence-corrected chi connectivity index (χ4v) is 5.21. The van der Waals surface area contributed by atoms with Crippen LogP contribution in [0.5, 0.6) is 0 Å². The van der Waals surface area contributed by atoms with Gasteiger partial charge in [0.1, 0.15) is 11.9 Å². The molecule has 3 rings (SSSR count). The maximum absolute atomic E-state index is 13.1. The average molecular weight is 463 g/mol. The summed E-state index contributed by atoms with van der Waals surface area (Å²) in [7, 11) is -2.73. The zero-order valence-corrected chi connectivity index (χ0v) is 18.1. The van der Waals surface area contributed by atoms with Crippen LogP contribution in [0.1, 0.15) is 5.56 Å². The predicted octanol–water partition coefficient (Wildman–Crippen LogP) is 1.86. The zero-order valence-electron chi connectivity index (χ0n) is 16.5. The number of nitrogens with zero attached hydrogens (tertiary/aromatic N) is 3. The molecule has 0 spiro atoms. The molecule has 1 aliphatic heterocycles. The zero-order chi connectivity index (χ0) is 22.6. The van der Waals surface area contributed by atoms with Gasteiger partial charge in [0.2, 0.25) is 21.8 Å². The van der Waals surface area contributed by atoms with Crippen molar-refractivity contribution in [3.05, 3.63) is 59.9 Å². The summed E-state index contributed by atoms with van der Waals surface area (Å²) in [5, 5.41) is 11.6. The van der Waals surface area contributed by atoms with Gasteiger partial charge in [-0.1, -0.05) is 0 Å². The molecule has 8 nitrogen and oxygen atoms in total. The summed E-state index contributed by atoms with van der Waals surface area (Å²) in [5.74, 6) is -0.843. The molecular formula is C20H19FN4O4S2. The number of nitriles is 1. The van der Waals surface area contributed by atoms with Gasteiger partial charge < -0.3 is 10.2 Å². The van der Waals surface area contributed by atoms with Gasteiger partial charge in [-0.05, 0) is 48.5 Å². The van der Waals surface area contributed by atoms with Gasteiger partial charge in [0.15, 0.2) is 0 Å². The number of amides is 2. The van der Waals surface area contributed by atoms with Crippen LogP contribution in [0.15, 0.2) is 53.4 Å². The number of carbonyl (C=O) groups excluding carboxylic acids is 2. The Bertz CT molecular complexity index is 1120. The SMILES string of the molecule is CN(CC(=O)N1CSCC1C(=O)Nc1ccc(C#N)cc1)S(=O)(=O)c1ccc(F)cc1. The molecule has 1 fully saturated rings. The maximum Gasteiger partial charge on any atom is 0.248 e. The molecule has 2 aromatic carbocycles. The van der Waals surface area contributed by atoms with Crippen LogP contribution in [-0.4, -0.2) is 60.7 Å². The Balaban J connectivity index is 1.66. The monoisotopic (exact) mass is 462 g/mol.